The van der Waals surface area contributed by atoms with Crippen LogP contribution < -0.4 is 5.32 Å². The molecule has 39 heavy (non-hydrogen) atoms. The van der Waals surface area contributed by atoms with Gasteiger partial charge in [-0.3, -0.25) is 9.69 Å². The van der Waals surface area contributed by atoms with Crippen LogP contribution >= 0.6 is 0 Å². The van der Waals surface area contributed by atoms with Gasteiger partial charge in [-0.15, -0.1) is 0 Å². The van der Waals surface area contributed by atoms with Crippen molar-refractivity contribution in [2.24, 2.45) is 0 Å². The van der Waals surface area contributed by atoms with E-state index in [1.165, 1.54) is 22.3 Å². The van der Waals surface area contributed by atoms with E-state index in [0.29, 0.717) is 49.3 Å². The molecule has 2 unspecified atom stereocenters. The minimum atomic E-state index is -0.614. The van der Waals surface area contributed by atoms with Crippen molar-refractivity contribution in [3.8, 4) is 5.75 Å². The summed E-state index contributed by atoms with van der Waals surface area (Å²) in [6, 6.07) is 11.3. The van der Waals surface area contributed by atoms with Crippen LogP contribution in [-0.2, 0) is 19.1 Å². The molecule has 1 fully saturated rings. The molecule has 0 radical (unpaired) electrons. The highest BCUT2D eigenvalue weighted by molar-refractivity contribution is 6.04. The molecule has 7 nitrogen and oxygen atoms in total. The third-order valence-corrected chi connectivity index (χ3v) is 8.04. The maximum Gasteiger partial charge on any atom is 0.336 e. The first-order valence-corrected chi connectivity index (χ1v) is 13.9. The minimum Gasteiger partial charge on any atom is -0.508 e. The Morgan fingerprint density at radius 2 is 1.82 bits per heavy atom. The predicted molar refractivity (Wildman–Crippen MR) is 150 cm³/mol. The number of esters is 1. The number of ether oxygens (including phenoxy) is 2. The summed E-state index contributed by atoms with van der Waals surface area (Å²) in [5.41, 5.74) is 8.22. The molecule has 2 aromatic rings. The fourth-order valence-electron chi connectivity index (χ4n) is 6.59. The summed E-state index contributed by atoms with van der Waals surface area (Å²) in [6.07, 6.45) is 1.04. The zero-order valence-corrected chi connectivity index (χ0v) is 23.3. The number of allylic oxidation sites excluding steroid dienone is 2. The molecule has 2 aliphatic heterocycles. The van der Waals surface area contributed by atoms with Gasteiger partial charge in [0.05, 0.1) is 25.4 Å². The predicted octanol–water partition coefficient (Wildman–Crippen LogP) is 4.55. The third-order valence-electron chi connectivity index (χ3n) is 8.04. The van der Waals surface area contributed by atoms with Gasteiger partial charge in [0, 0.05) is 48.9 Å². The van der Waals surface area contributed by atoms with Gasteiger partial charge in [-0.2, -0.15) is 0 Å². The number of rotatable bonds is 6. The van der Waals surface area contributed by atoms with E-state index in [1.807, 2.05) is 6.07 Å². The van der Waals surface area contributed by atoms with Crippen molar-refractivity contribution in [1.82, 2.24) is 10.2 Å². The Morgan fingerprint density at radius 1 is 1.10 bits per heavy atom. The SMILES string of the molecule is CCOC(=O)C1=C(CN2CCOCC2)NC2=C(C(=O)CC(c3c(C)cc(C)cc3C)C2)C1c1cccc(O)c1. The van der Waals surface area contributed by atoms with E-state index in [4.69, 9.17) is 9.47 Å². The van der Waals surface area contributed by atoms with Gasteiger partial charge in [0.15, 0.2) is 5.78 Å². The van der Waals surface area contributed by atoms with Crippen LogP contribution in [0.3, 0.4) is 0 Å². The molecular formula is C32H38N2O5. The van der Waals surface area contributed by atoms with Gasteiger partial charge < -0.3 is 19.9 Å². The fourth-order valence-corrected chi connectivity index (χ4v) is 6.59. The molecule has 0 amide bonds. The molecule has 206 valence electrons. The molecule has 7 heteroatoms. The molecule has 3 aliphatic rings. The normalized spacial score (nSPS) is 22.0. The lowest BCUT2D eigenvalue weighted by atomic mass is 9.70. The molecule has 0 saturated carbocycles. The van der Waals surface area contributed by atoms with Crippen molar-refractivity contribution in [3.05, 3.63) is 86.8 Å². The van der Waals surface area contributed by atoms with Crippen molar-refractivity contribution < 1.29 is 24.2 Å². The van der Waals surface area contributed by atoms with Gasteiger partial charge >= 0.3 is 5.97 Å². The average molecular weight is 531 g/mol. The minimum absolute atomic E-state index is 0.0219. The molecular weight excluding hydrogens is 492 g/mol. The lowest BCUT2D eigenvalue weighted by Crippen LogP contribution is -2.43. The molecule has 0 bridgehead atoms. The van der Waals surface area contributed by atoms with Crippen molar-refractivity contribution in [2.45, 2.75) is 52.4 Å². The lowest BCUT2D eigenvalue weighted by molar-refractivity contribution is -0.138. The number of nitrogens with one attached hydrogen (secondary N) is 1. The number of benzene rings is 2. The summed E-state index contributed by atoms with van der Waals surface area (Å²) < 4.78 is 11.1. The van der Waals surface area contributed by atoms with Gasteiger partial charge in [0.25, 0.3) is 0 Å². The van der Waals surface area contributed by atoms with Gasteiger partial charge in [-0.05, 0) is 74.4 Å². The highest BCUT2D eigenvalue weighted by Crippen LogP contribution is 2.47. The van der Waals surface area contributed by atoms with Gasteiger partial charge in [0.1, 0.15) is 5.75 Å². The van der Waals surface area contributed by atoms with Gasteiger partial charge in [-0.1, -0.05) is 29.8 Å². The molecule has 0 spiro atoms. The van der Waals surface area contributed by atoms with Gasteiger partial charge in [-0.25, -0.2) is 4.79 Å². The molecule has 0 aromatic heterocycles. The number of dihydropyridines is 1. The number of Topliss-reactive ketones (excluding diaryl/α,β-unsaturated/α-hetero) is 1. The van der Waals surface area contributed by atoms with Crippen LogP contribution in [0.25, 0.3) is 0 Å². The molecule has 1 aliphatic carbocycles. The quantitative estimate of drug-likeness (QED) is 0.530. The van der Waals surface area contributed by atoms with Crippen molar-refractivity contribution in [1.29, 1.82) is 0 Å². The lowest BCUT2D eigenvalue weighted by Gasteiger charge is -2.39. The first kappa shape index (κ1) is 27.2. The molecule has 1 saturated heterocycles. The second-order valence-electron chi connectivity index (χ2n) is 10.9. The zero-order valence-electron chi connectivity index (χ0n) is 23.3. The average Bonchev–Trinajstić information content (AvgIpc) is 2.88. The smallest absolute Gasteiger partial charge is 0.336 e. The Bertz CT molecular complexity index is 1330. The highest BCUT2D eigenvalue weighted by Gasteiger charge is 2.43. The van der Waals surface area contributed by atoms with Crippen LogP contribution in [0.2, 0.25) is 0 Å². The monoisotopic (exact) mass is 530 g/mol. The summed E-state index contributed by atoms with van der Waals surface area (Å²) in [6.45, 7) is 11.7. The van der Waals surface area contributed by atoms with Crippen LogP contribution in [0.5, 0.6) is 5.75 Å². The molecule has 2 aromatic carbocycles. The Morgan fingerprint density at radius 3 is 2.49 bits per heavy atom. The topological polar surface area (TPSA) is 88.1 Å². The Labute approximate surface area is 230 Å². The van der Waals surface area contributed by atoms with E-state index in [1.54, 1.807) is 25.1 Å². The van der Waals surface area contributed by atoms with Crippen molar-refractivity contribution in [2.75, 3.05) is 39.5 Å². The number of ketones is 1. The number of carbonyl (C=O) groups is 2. The molecule has 2 heterocycles. The maximum atomic E-state index is 14.0. The van der Waals surface area contributed by atoms with Crippen LogP contribution in [0.1, 0.15) is 59.4 Å². The summed E-state index contributed by atoms with van der Waals surface area (Å²) in [5.74, 6) is -0.889. The van der Waals surface area contributed by atoms with E-state index in [2.05, 4.69) is 43.1 Å². The Hall–Kier alpha value is -3.42. The maximum absolute atomic E-state index is 14.0. The van der Waals surface area contributed by atoms with E-state index >= 15 is 0 Å². The number of morpholine rings is 1. The van der Waals surface area contributed by atoms with Crippen LogP contribution in [0.4, 0.5) is 0 Å². The fraction of sp³-hybridized carbons (Fsp3) is 0.438. The van der Waals surface area contributed by atoms with Crippen molar-refractivity contribution in [3.63, 3.8) is 0 Å². The first-order valence-electron chi connectivity index (χ1n) is 13.9. The number of nitrogens with zero attached hydrogens (tertiary/aromatic N) is 1. The zero-order chi connectivity index (χ0) is 27.7. The number of phenols is 1. The third kappa shape index (κ3) is 5.52. The highest BCUT2D eigenvalue weighted by atomic mass is 16.5. The first-order chi connectivity index (χ1) is 18.8. The Balaban J connectivity index is 1.63. The van der Waals surface area contributed by atoms with E-state index in [0.717, 1.165) is 24.5 Å². The second-order valence-corrected chi connectivity index (χ2v) is 10.9. The van der Waals surface area contributed by atoms with Gasteiger partial charge in [0.2, 0.25) is 0 Å². The van der Waals surface area contributed by atoms with Crippen LogP contribution in [0.15, 0.2) is 58.9 Å². The largest absolute Gasteiger partial charge is 0.508 e. The number of hydrogen-bond acceptors (Lipinski definition) is 7. The number of hydrogen-bond donors (Lipinski definition) is 2. The molecule has 2 N–H and O–H groups in total. The standard InChI is InChI=1S/C32H38N2O5/c1-5-39-32(37)31-26(18-34-9-11-38-12-10-34)33-25-16-23(28-20(3)13-19(2)14-21(28)4)17-27(36)30(25)29(31)22-7-6-8-24(35)15-22/h6-8,13-15,23,29,33,35H,5,9-12,16-18H2,1-4H3. The van der Waals surface area contributed by atoms with Crippen LogP contribution in [-0.4, -0.2) is 61.2 Å². The summed E-state index contributed by atoms with van der Waals surface area (Å²) in [7, 11) is 0. The Kier molecular flexibility index (Phi) is 7.91. The summed E-state index contributed by atoms with van der Waals surface area (Å²) in [4.78, 5) is 29.8. The van der Waals surface area contributed by atoms with E-state index in [-0.39, 0.29) is 24.1 Å². The van der Waals surface area contributed by atoms with Crippen molar-refractivity contribution >= 4 is 11.8 Å². The van der Waals surface area contributed by atoms with Crippen LogP contribution in [0, 0.1) is 20.8 Å². The van der Waals surface area contributed by atoms with E-state index < -0.39 is 11.9 Å². The molecule has 2 atom stereocenters. The number of aryl methyl sites for hydroxylation is 3. The summed E-state index contributed by atoms with van der Waals surface area (Å²) >= 11 is 0. The summed E-state index contributed by atoms with van der Waals surface area (Å²) in [5, 5.41) is 13.9. The van der Waals surface area contributed by atoms with E-state index in [9.17, 15) is 14.7 Å². The molecule has 5 rings (SSSR count). The number of carbonyl (C=O) groups excluding carboxylic acids is 2. The second kappa shape index (κ2) is 11.4. The number of phenolic OH excluding ortho intramolecular Hbond substituents is 1. The number of aromatic hydroxyl groups is 1.